The Balaban J connectivity index is 2.29. The van der Waals surface area contributed by atoms with Gasteiger partial charge >= 0.3 is 0 Å². The predicted octanol–water partition coefficient (Wildman–Crippen LogP) is 1.09. The quantitative estimate of drug-likeness (QED) is 0.684. The van der Waals surface area contributed by atoms with Gasteiger partial charge in [0, 0.05) is 25.7 Å². The summed E-state index contributed by atoms with van der Waals surface area (Å²) in [6.45, 7) is 11.5. The highest BCUT2D eigenvalue weighted by molar-refractivity contribution is 4.81. The molecular weight excluding hydrogens is 228 g/mol. The number of likely N-dealkylation sites (tertiary alicyclic amines) is 1. The van der Waals surface area contributed by atoms with Gasteiger partial charge in [-0.1, -0.05) is 6.92 Å². The number of nitrogens with zero attached hydrogens (tertiary/aromatic N) is 1. The van der Waals surface area contributed by atoms with Crippen LogP contribution < -0.4 is 5.32 Å². The zero-order chi connectivity index (χ0) is 13.4. The van der Waals surface area contributed by atoms with Crippen LogP contribution in [-0.2, 0) is 4.74 Å². The SMILES string of the molecule is CCNC(C)C1CCCN(CC(O)COCC)C1. The van der Waals surface area contributed by atoms with Crippen molar-refractivity contribution in [3.63, 3.8) is 0 Å². The van der Waals surface area contributed by atoms with Gasteiger partial charge in [-0.15, -0.1) is 0 Å². The number of aliphatic hydroxyl groups is 1. The molecular formula is C14H30N2O2. The van der Waals surface area contributed by atoms with Gasteiger partial charge in [0.15, 0.2) is 0 Å². The molecule has 0 aromatic heterocycles. The smallest absolute Gasteiger partial charge is 0.0900 e. The maximum Gasteiger partial charge on any atom is 0.0900 e. The summed E-state index contributed by atoms with van der Waals surface area (Å²) >= 11 is 0. The Kier molecular flexibility index (Phi) is 7.82. The molecule has 4 nitrogen and oxygen atoms in total. The van der Waals surface area contributed by atoms with Crippen molar-refractivity contribution < 1.29 is 9.84 Å². The minimum atomic E-state index is -0.349. The van der Waals surface area contributed by atoms with E-state index in [4.69, 9.17) is 4.74 Å². The van der Waals surface area contributed by atoms with Crippen LogP contribution in [0.5, 0.6) is 0 Å². The molecule has 3 atom stereocenters. The van der Waals surface area contributed by atoms with Gasteiger partial charge in [-0.05, 0) is 45.7 Å². The van der Waals surface area contributed by atoms with Crippen molar-refractivity contribution in [1.82, 2.24) is 10.2 Å². The number of aliphatic hydroxyl groups excluding tert-OH is 1. The first kappa shape index (κ1) is 15.9. The van der Waals surface area contributed by atoms with E-state index in [1.54, 1.807) is 0 Å². The molecule has 0 aromatic rings. The van der Waals surface area contributed by atoms with Crippen LogP contribution in [0.2, 0.25) is 0 Å². The Hall–Kier alpha value is -0.160. The normalized spacial score (nSPS) is 25.0. The van der Waals surface area contributed by atoms with Gasteiger partial charge in [-0.3, -0.25) is 0 Å². The van der Waals surface area contributed by atoms with Gasteiger partial charge in [0.05, 0.1) is 12.7 Å². The van der Waals surface area contributed by atoms with Crippen molar-refractivity contribution in [2.45, 2.75) is 45.8 Å². The fraction of sp³-hybridized carbons (Fsp3) is 1.00. The van der Waals surface area contributed by atoms with E-state index in [0.717, 1.165) is 26.2 Å². The monoisotopic (exact) mass is 258 g/mol. The van der Waals surface area contributed by atoms with Gasteiger partial charge in [-0.2, -0.15) is 0 Å². The van der Waals surface area contributed by atoms with E-state index in [1.165, 1.54) is 12.8 Å². The highest BCUT2D eigenvalue weighted by Gasteiger charge is 2.25. The molecule has 18 heavy (non-hydrogen) atoms. The molecule has 0 aliphatic carbocycles. The lowest BCUT2D eigenvalue weighted by Crippen LogP contribution is -2.47. The molecule has 1 saturated heterocycles. The first-order valence-electron chi connectivity index (χ1n) is 7.38. The molecule has 4 heteroatoms. The van der Waals surface area contributed by atoms with E-state index in [9.17, 15) is 5.11 Å². The van der Waals surface area contributed by atoms with Crippen molar-refractivity contribution in [3.05, 3.63) is 0 Å². The van der Waals surface area contributed by atoms with Crippen molar-refractivity contribution in [3.8, 4) is 0 Å². The van der Waals surface area contributed by atoms with E-state index >= 15 is 0 Å². The van der Waals surface area contributed by atoms with Gasteiger partial charge in [-0.25, -0.2) is 0 Å². The summed E-state index contributed by atoms with van der Waals surface area (Å²) in [6, 6.07) is 0.571. The van der Waals surface area contributed by atoms with Crippen LogP contribution in [-0.4, -0.2) is 61.5 Å². The largest absolute Gasteiger partial charge is 0.389 e. The van der Waals surface area contributed by atoms with Gasteiger partial charge in [0.1, 0.15) is 0 Å². The molecule has 1 aliphatic rings. The fourth-order valence-corrected chi connectivity index (χ4v) is 2.76. The minimum Gasteiger partial charge on any atom is -0.389 e. The van der Waals surface area contributed by atoms with Crippen LogP contribution >= 0.6 is 0 Å². The molecule has 0 aromatic carbocycles. The molecule has 108 valence electrons. The van der Waals surface area contributed by atoms with E-state index in [2.05, 4.69) is 24.1 Å². The summed E-state index contributed by atoms with van der Waals surface area (Å²) < 4.78 is 5.26. The van der Waals surface area contributed by atoms with Crippen molar-refractivity contribution in [2.24, 2.45) is 5.92 Å². The van der Waals surface area contributed by atoms with Crippen molar-refractivity contribution in [2.75, 3.05) is 39.4 Å². The van der Waals surface area contributed by atoms with Gasteiger partial charge < -0.3 is 20.1 Å². The molecule has 2 N–H and O–H groups in total. The highest BCUT2D eigenvalue weighted by atomic mass is 16.5. The van der Waals surface area contributed by atoms with Crippen LogP contribution in [0.15, 0.2) is 0 Å². The van der Waals surface area contributed by atoms with Crippen molar-refractivity contribution >= 4 is 0 Å². The number of ether oxygens (including phenoxy) is 1. The molecule has 0 spiro atoms. The molecule has 1 aliphatic heterocycles. The number of hydrogen-bond donors (Lipinski definition) is 2. The van der Waals surface area contributed by atoms with Gasteiger partial charge in [0.25, 0.3) is 0 Å². The summed E-state index contributed by atoms with van der Waals surface area (Å²) in [5.74, 6) is 0.706. The summed E-state index contributed by atoms with van der Waals surface area (Å²) in [4.78, 5) is 2.38. The number of nitrogens with one attached hydrogen (secondary N) is 1. The molecule has 1 fully saturated rings. The molecule has 0 saturated carbocycles. The Morgan fingerprint density at radius 3 is 2.89 bits per heavy atom. The number of rotatable bonds is 8. The highest BCUT2D eigenvalue weighted by Crippen LogP contribution is 2.19. The zero-order valence-electron chi connectivity index (χ0n) is 12.2. The van der Waals surface area contributed by atoms with Crippen LogP contribution in [0.4, 0.5) is 0 Å². The Bertz CT molecular complexity index is 214. The average Bonchev–Trinajstić information content (AvgIpc) is 2.37. The molecule has 0 bridgehead atoms. The number of piperidine rings is 1. The average molecular weight is 258 g/mol. The molecule has 0 radical (unpaired) electrons. The third-order valence-electron chi connectivity index (χ3n) is 3.76. The van der Waals surface area contributed by atoms with E-state index in [-0.39, 0.29) is 6.10 Å². The lowest BCUT2D eigenvalue weighted by molar-refractivity contribution is 0.0111. The maximum absolute atomic E-state index is 9.88. The Labute approximate surface area is 112 Å². The third kappa shape index (κ3) is 5.65. The standard InChI is InChI=1S/C14H30N2O2/c1-4-15-12(3)13-7-6-8-16(9-13)10-14(17)11-18-5-2/h12-15,17H,4-11H2,1-3H3. The summed E-state index contributed by atoms with van der Waals surface area (Å²) in [5.41, 5.74) is 0. The molecule has 0 amide bonds. The summed E-state index contributed by atoms with van der Waals surface area (Å²) in [7, 11) is 0. The predicted molar refractivity (Wildman–Crippen MR) is 74.8 cm³/mol. The number of β-amino-alcohol motifs (C(OH)–C–C–N with tert-alkyl or cyclic N) is 1. The first-order chi connectivity index (χ1) is 8.67. The minimum absolute atomic E-state index is 0.349. The second-order valence-electron chi connectivity index (χ2n) is 5.32. The zero-order valence-corrected chi connectivity index (χ0v) is 12.2. The van der Waals surface area contributed by atoms with Crippen LogP contribution in [0.25, 0.3) is 0 Å². The Morgan fingerprint density at radius 2 is 2.22 bits per heavy atom. The molecule has 1 heterocycles. The maximum atomic E-state index is 9.88. The van der Waals surface area contributed by atoms with E-state index in [1.807, 2.05) is 6.92 Å². The molecule has 3 unspecified atom stereocenters. The van der Waals surface area contributed by atoms with E-state index in [0.29, 0.717) is 25.2 Å². The van der Waals surface area contributed by atoms with Crippen LogP contribution in [0.1, 0.15) is 33.6 Å². The topological polar surface area (TPSA) is 44.7 Å². The van der Waals surface area contributed by atoms with Crippen molar-refractivity contribution in [1.29, 1.82) is 0 Å². The number of hydrogen-bond acceptors (Lipinski definition) is 4. The van der Waals surface area contributed by atoms with E-state index < -0.39 is 0 Å². The molecule has 1 rings (SSSR count). The summed E-state index contributed by atoms with van der Waals surface area (Å²) in [6.07, 6.45) is 2.19. The summed E-state index contributed by atoms with van der Waals surface area (Å²) in [5, 5.41) is 13.4. The second-order valence-corrected chi connectivity index (χ2v) is 5.32. The van der Waals surface area contributed by atoms with Crippen LogP contribution in [0.3, 0.4) is 0 Å². The fourth-order valence-electron chi connectivity index (χ4n) is 2.76. The lowest BCUT2D eigenvalue weighted by atomic mass is 9.91. The van der Waals surface area contributed by atoms with Crippen LogP contribution in [0, 0.1) is 5.92 Å². The third-order valence-corrected chi connectivity index (χ3v) is 3.76. The Morgan fingerprint density at radius 1 is 1.44 bits per heavy atom. The second kappa shape index (κ2) is 8.86. The lowest BCUT2D eigenvalue weighted by Gasteiger charge is -2.36. The first-order valence-corrected chi connectivity index (χ1v) is 7.38. The van der Waals surface area contributed by atoms with Gasteiger partial charge in [0.2, 0.25) is 0 Å².